The van der Waals surface area contributed by atoms with Crippen molar-refractivity contribution in [3.63, 3.8) is 0 Å². The number of hydrogen-bond donors (Lipinski definition) is 2. The minimum Gasteiger partial charge on any atom is -0.354 e. The topological polar surface area (TPSA) is 58.2 Å². The van der Waals surface area contributed by atoms with Crippen LogP contribution < -0.4 is 10.6 Å². The Kier molecular flexibility index (Phi) is 4.09. The van der Waals surface area contributed by atoms with E-state index in [1.807, 2.05) is 30.3 Å². The normalized spacial score (nSPS) is 10.6. The van der Waals surface area contributed by atoms with Gasteiger partial charge in [-0.3, -0.25) is 9.59 Å². The molecule has 1 rings (SSSR count). The Balaban J connectivity index is 2.93. The zero-order valence-corrected chi connectivity index (χ0v) is 8.36. The van der Waals surface area contributed by atoms with Gasteiger partial charge >= 0.3 is 0 Å². The van der Waals surface area contributed by atoms with Crippen LogP contribution in [0.3, 0.4) is 0 Å². The second-order valence-electron chi connectivity index (χ2n) is 2.81. The standard InChI is InChI=1S/C11H12N2O2/c1-12-11(15)10(13-8-14)7-9-5-3-2-4-6-9/h2-8H,1H3,(H,12,15)(H,13,14)/b10-7-. The fourth-order valence-electron chi connectivity index (χ4n) is 1.09. The first-order valence-corrected chi connectivity index (χ1v) is 4.47. The number of carbonyl (C=O) groups excluding carboxylic acids is 2. The fourth-order valence-corrected chi connectivity index (χ4v) is 1.09. The summed E-state index contributed by atoms with van der Waals surface area (Å²) in [7, 11) is 1.51. The maximum Gasteiger partial charge on any atom is 0.267 e. The van der Waals surface area contributed by atoms with Gasteiger partial charge in [0.05, 0.1) is 0 Å². The van der Waals surface area contributed by atoms with E-state index in [0.29, 0.717) is 6.41 Å². The molecule has 0 unspecified atom stereocenters. The van der Waals surface area contributed by atoms with Crippen molar-refractivity contribution in [2.24, 2.45) is 0 Å². The lowest BCUT2D eigenvalue weighted by Gasteiger charge is -2.03. The van der Waals surface area contributed by atoms with E-state index in [-0.39, 0.29) is 11.6 Å². The average molecular weight is 204 g/mol. The third kappa shape index (κ3) is 3.27. The van der Waals surface area contributed by atoms with Gasteiger partial charge in [0.1, 0.15) is 5.70 Å². The first kappa shape index (κ1) is 11.0. The quantitative estimate of drug-likeness (QED) is 0.555. The van der Waals surface area contributed by atoms with E-state index >= 15 is 0 Å². The molecule has 2 N–H and O–H groups in total. The monoisotopic (exact) mass is 204 g/mol. The molecule has 0 spiro atoms. The molecule has 2 amide bonds. The third-order valence-electron chi connectivity index (χ3n) is 1.80. The number of benzene rings is 1. The van der Waals surface area contributed by atoms with E-state index < -0.39 is 0 Å². The maximum absolute atomic E-state index is 11.3. The van der Waals surface area contributed by atoms with E-state index in [1.165, 1.54) is 7.05 Å². The first-order chi connectivity index (χ1) is 7.27. The molecule has 0 bridgehead atoms. The van der Waals surface area contributed by atoms with Crippen LogP contribution in [0.25, 0.3) is 6.08 Å². The van der Waals surface area contributed by atoms with E-state index in [9.17, 15) is 9.59 Å². The molecule has 1 aromatic rings. The zero-order valence-electron chi connectivity index (χ0n) is 8.36. The molecule has 0 fully saturated rings. The molecule has 0 aromatic heterocycles. The van der Waals surface area contributed by atoms with Gasteiger partial charge in [-0.2, -0.15) is 0 Å². The molecule has 0 saturated carbocycles. The van der Waals surface area contributed by atoms with Gasteiger partial charge < -0.3 is 10.6 Å². The summed E-state index contributed by atoms with van der Waals surface area (Å²) in [5.41, 5.74) is 1.07. The van der Waals surface area contributed by atoms with E-state index in [2.05, 4.69) is 10.6 Å². The average Bonchev–Trinajstić information content (AvgIpc) is 2.29. The number of likely N-dealkylation sites (N-methyl/N-ethyl adjacent to an activating group) is 1. The second kappa shape index (κ2) is 5.59. The zero-order chi connectivity index (χ0) is 11.1. The van der Waals surface area contributed by atoms with Gasteiger partial charge in [-0.15, -0.1) is 0 Å². The minimum absolute atomic E-state index is 0.221. The van der Waals surface area contributed by atoms with Crippen LogP contribution >= 0.6 is 0 Å². The van der Waals surface area contributed by atoms with Gasteiger partial charge in [0, 0.05) is 7.05 Å². The summed E-state index contributed by atoms with van der Waals surface area (Å²) < 4.78 is 0. The van der Waals surface area contributed by atoms with Crippen molar-refractivity contribution in [3.05, 3.63) is 41.6 Å². The lowest BCUT2D eigenvalue weighted by molar-refractivity contribution is -0.118. The predicted molar refractivity (Wildman–Crippen MR) is 57.7 cm³/mol. The Morgan fingerprint density at radius 1 is 1.27 bits per heavy atom. The first-order valence-electron chi connectivity index (χ1n) is 4.47. The van der Waals surface area contributed by atoms with Crippen molar-refractivity contribution in [1.29, 1.82) is 0 Å². The van der Waals surface area contributed by atoms with Crippen molar-refractivity contribution >= 4 is 18.4 Å². The maximum atomic E-state index is 11.3. The van der Waals surface area contributed by atoms with Crippen molar-refractivity contribution in [2.45, 2.75) is 0 Å². The Labute approximate surface area is 88.0 Å². The van der Waals surface area contributed by atoms with Crippen molar-refractivity contribution in [2.75, 3.05) is 7.05 Å². The molecule has 4 nitrogen and oxygen atoms in total. The van der Waals surface area contributed by atoms with Crippen LogP contribution in [0.15, 0.2) is 36.0 Å². The summed E-state index contributed by atoms with van der Waals surface area (Å²) in [5.74, 6) is -0.328. The Bertz CT molecular complexity index is 371. The molecule has 0 heterocycles. The molecule has 0 aliphatic heterocycles. The Morgan fingerprint density at radius 3 is 2.47 bits per heavy atom. The van der Waals surface area contributed by atoms with Crippen LogP contribution in [0.5, 0.6) is 0 Å². The lowest BCUT2D eigenvalue weighted by Crippen LogP contribution is -2.28. The van der Waals surface area contributed by atoms with E-state index in [0.717, 1.165) is 5.56 Å². The molecule has 78 valence electrons. The van der Waals surface area contributed by atoms with E-state index in [1.54, 1.807) is 6.08 Å². The van der Waals surface area contributed by atoms with Gasteiger partial charge in [-0.25, -0.2) is 0 Å². The summed E-state index contributed by atoms with van der Waals surface area (Å²) in [6, 6.07) is 9.28. The lowest BCUT2D eigenvalue weighted by atomic mass is 10.2. The van der Waals surface area contributed by atoms with Crippen molar-refractivity contribution in [1.82, 2.24) is 10.6 Å². The van der Waals surface area contributed by atoms with Crippen LogP contribution in [0, 0.1) is 0 Å². The number of carbonyl (C=O) groups is 2. The van der Waals surface area contributed by atoms with Crippen molar-refractivity contribution < 1.29 is 9.59 Å². The van der Waals surface area contributed by atoms with Gasteiger partial charge in [0.2, 0.25) is 6.41 Å². The molecule has 0 aliphatic carbocycles. The summed E-state index contributed by atoms with van der Waals surface area (Å²) in [4.78, 5) is 21.6. The minimum atomic E-state index is -0.328. The van der Waals surface area contributed by atoms with Crippen LogP contribution in [0.1, 0.15) is 5.56 Å². The SMILES string of the molecule is CNC(=O)/C(=C/c1ccccc1)NC=O. The summed E-state index contributed by atoms with van der Waals surface area (Å²) >= 11 is 0. The molecule has 4 heteroatoms. The molecular weight excluding hydrogens is 192 g/mol. The van der Waals surface area contributed by atoms with Crippen molar-refractivity contribution in [3.8, 4) is 0 Å². The highest BCUT2D eigenvalue weighted by Gasteiger charge is 2.05. The predicted octanol–water partition coefficient (Wildman–Crippen LogP) is 0.519. The highest BCUT2D eigenvalue weighted by atomic mass is 16.2. The number of amides is 2. The molecule has 0 aliphatic rings. The molecule has 0 radical (unpaired) electrons. The highest BCUT2D eigenvalue weighted by molar-refractivity contribution is 5.98. The van der Waals surface area contributed by atoms with Gasteiger partial charge in [0.25, 0.3) is 5.91 Å². The molecule has 0 saturated heterocycles. The Morgan fingerprint density at radius 2 is 1.93 bits per heavy atom. The number of rotatable bonds is 4. The van der Waals surface area contributed by atoms with Crippen LogP contribution in [0.2, 0.25) is 0 Å². The molecule has 1 aromatic carbocycles. The smallest absolute Gasteiger partial charge is 0.267 e. The van der Waals surface area contributed by atoms with Gasteiger partial charge in [-0.1, -0.05) is 30.3 Å². The van der Waals surface area contributed by atoms with Crippen LogP contribution in [-0.4, -0.2) is 19.4 Å². The Hall–Kier alpha value is -2.10. The second-order valence-corrected chi connectivity index (χ2v) is 2.81. The van der Waals surface area contributed by atoms with Crippen LogP contribution in [-0.2, 0) is 9.59 Å². The molecule has 0 atom stereocenters. The van der Waals surface area contributed by atoms with E-state index in [4.69, 9.17) is 0 Å². The third-order valence-corrected chi connectivity index (χ3v) is 1.80. The molecule has 15 heavy (non-hydrogen) atoms. The number of hydrogen-bond acceptors (Lipinski definition) is 2. The van der Waals surface area contributed by atoms with Gasteiger partial charge in [-0.05, 0) is 11.6 Å². The summed E-state index contributed by atoms with van der Waals surface area (Å²) in [6.45, 7) is 0. The fraction of sp³-hybridized carbons (Fsp3) is 0.0909. The largest absolute Gasteiger partial charge is 0.354 e. The van der Waals surface area contributed by atoms with Crippen LogP contribution in [0.4, 0.5) is 0 Å². The molecular formula is C11H12N2O2. The van der Waals surface area contributed by atoms with Gasteiger partial charge in [0.15, 0.2) is 0 Å². The highest BCUT2D eigenvalue weighted by Crippen LogP contribution is 2.04. The number of nitrogens with one attached hydrogen (secondary N) is 2. The summed E-state index contributed by atoms with van der Waals surface area (Å²) in [6.07, 6.45) is 2.08. The summed E-state index contributed by atoms with van der Waals surface area (Å²) in [5, 5.41) is 4.79.